The molecule has 0 bridgehead atoms. The molecule has 144 valence electrons. The van der Waals surface area contributed by atoms with E-state index in [9.17, 15) is 14.4 Å². The van der Waals surface area contributed by atoms with E-state index in [-0.39, 0.29) is 30.8 Å². The molecule has 1 saturated heterocycles. The SMILES string of the molecule is CN(CC(=O)N1CCC(C(=O)O)CC1)C(=O)Cn1ccc2ccc(Cl)cc21. The fraction of sp³-hybridized carbons (Fsp3) is 0.421. The van der Waals surface area contributed by atoms with E-state index in [1.165, 1.54) is 4.90 Å². The van der Waals surface area contributed by atoms with Gasteiger partial charge in [0.15, 0.2) is 0 Å². The normalized spacial score (nSPS) is 15.1. The molecule has 0 aliphatic carbocycles. The largest absolute Gasteiger partial charge is 0.481 e. The third-order valence-electron chi connectivity index (χ3n) is 5.04. The Kier molecular flexibility index (Phi) is 5.70. The number of carbonyl (C=O) groups excluding carboxylic acids is 2. The molecule has 0 atom stereocenters. The second kappa shape index (κ2) is 8.00. The van der Waals surface area contributed by atoms with Crippen LogP contribution in [0.1, 0.15) is 12.8 Å². The summed E-state index contributed by atoms with van der Waals surface area (Å²) >= 11 is 6.04. The number of benzene rings is 1. The Morgan fingerprint density at radius 3 is 2.59 bits per heavy atom. The molecule has 1 aromatic carbocycles. The Morgan fingerprint density at radius 2 is 1.93 bits per heavy atom. The van der Waals surface area contributed by atoms with Crippen molar-refractivity contribution in [2.24, 2.45) is 5.92 Å². The number of aliphatic carboxylic acids is 1. The number of halogens is 1. The summed E-state index contributed by atoms with van der Waals surface area (Å²) in [6.45, 7) is 0.933. The lowest BCUT2D eigenvalue weighted by Gasteiger charge is -2.31. The number of piperidine rings is 1. The Balaban J connectivity index is 1.56. The van der Waals surface area contributed by atoms with Crippen LogP contribution in [0.2, 0.25) is 5.02 Å². The summed E-state index contributed by atoms with van der Waals surface area (Å²) in [5, 5.41) is 10.6. The van der Waals surface area contributed by atoms with Crippen LogP contribution in [-0.4, -0.2) is 63.9 Å². The summed E-state index contributed by atoms with van der Waals surface area (Å²) < 4.78 is 1.81. The highest BCUT2D eigenvalue weighted by molar-refractivity contribution is 6.31. The number of likely N-dealkylation sites (tertiary alicyclic amines) is 1. The number of carboxylic acids is 1. The van der Waals surface area contributed by atoms with Gasteiger partial charge in [-0.15, -0.1) is 0 Å². The Hall–Kier alpha value is -2.54. The second-order valence-corrected chi connectivity index (χ2v) is 7.33. The Bertz CT molecular complexity index is 871. The maximum atomic E-state index is 12.5. The summed E-state index contributed by atoms with van der Waals surface area (Å²) in [6.07, 6.45) is 2.73. The molecule has 2 heterocycles. The smallest absolute Gasteiger partial charge is 0.306 e. The van der Waals surface area contributed by atoms with Crippen LogP contribution in [-0.2, 0) is 20.9 Å². The molecule has 0 unspecified atom stereocenters. The average molecular weight is 392 g/mol. The zero-order valence-electron chi connectivity index (χ0n) is 15.1. The maximum Gasteiger partial charge on any atom is 0.306 e. The van der Waals surface area contributed by atoms with Crippen LogP contribution in [0.25, 0.3) is 10.9 Å². The lowest BCUT2D eigenvalue weighted by Crippen LogP contribution is -2.46. The van der Waals surface area contributed by atoms with Gasteiger partial charge < -0.3 is 19.5 Å². The highest BCUT2D eigenvalue weighted by Gasteiger charge is 2.27. The van der Waals surface area contributed by atoms with E-state index in [1.807, 2.05) is 29.0 Å². The van der Waals surface area contributed by atoms with Gasteiger partial charge in [0.05, 0.1) is 12.5 Å². The third-order valence-corrected chi connectivity index (χ3v) is 5.27. The monoisotopic (exact) mass is 391 g/mol. The number of amides is 2. The number of aromatic nitrogens is 1. The van der Waals surface area contributed by atoms with E-state index in [0.717, 1.165) is 10.9 Å². The zero-order valence-corrected chi connectivity index (χ0v) is 15.9. The maximum absolute atomic E-state index is 12.5. The van der Waals surface area contributed by atoms with Crippen molar-refractivity contribution in [3.63, 3.8) is 0 Å². The van der Waals surface area contributed by atoms with Gasteiger partial charge in [0, 0.05) is 36.9 Å². The van der Waals surface area contributed by atoms with Gasteiger partial charge in [-0.05, 0) is 36.4 Å². The molecule has 1 aliphatic rings. The number of rotatable bonds is 5. The van der Waals surface area contributed by atoms with Gasteiger partial charge in [-0.3, -0.25) is 14.4 Å². The van der Waals surface area contributed by atoms with Crippen LogP contribution in [0.4, 0.5) is 0 Å². The fourth-order valence-electron chi connectivity index (χ4n) is 3.33. The van der Waals surface area contributed by atoms with Gasteiger partial charge >= 0.3 is 5.97 Å². The molecular formula is C19H22ClN3O4. The van der Waals surface area contributed by atoms with Crippen molar-refractivity contribution < 1.29 is 19.5 Å². The Labute approximate surface area is 162 Å². The van der Waals surface area contributed by atoms with Gasteiger partial charge in [-0.25, -0.2) is 0 Å². The molecular weight excluding hydrogens is 370 g/mol. The van der Waals surface area contributed by atoms with Crippen molar-refractivity contribution >= 4 is 40.3 Å². The minimum atomic E-state index is -0.812. The molecule has 0 saturated carbocycles. The zero-order chi connectivity index (χ0) is 19.6. The van der Waals surface area contributed by atoms with Crippen LogP contribution in [0.5, 0.6) is 0 Å². The molecule has 1 N–H and O–H groups in total. The summed E-state index contributed by atoms with van der Waals surface area (Å²) in [5.74, 6) is -1.54. The lowest BCUT2D eigenvalue weighted by molar-refractivity contribution is -0.146. The van der Waals surface area contributed by atoms with Crippen LogP contribution in [0.3, 0.4) is 0 Å². The summed E-state index contributed by atoms with van der Waals surface area (Å²) in [5.41, 5.74) is 0.867. The van der Waals surface area contributed by atoms with E-state index >= 15 is 0 Å². The van der Waals surface area contributed by atoms with Gasteiger partial charge in [0.1, 0.15) is 6.54 Å². The van der Waals surface area contributed by atoms with Crippen molar-refractivity contribution in [3.8, 4) is 0 Å². The van der Waals surface area contributed by atoms with Crippen LogP contribution in [0.15, 0.2) is 30.5 Å². The van der Waals surface area contributed by atoms with E-state index in [1.54, 1.807) is 18.0 Å². The lowest BCUT2D eigenvalue weighted by atomic mass is 9.97. The van der Waals surface area contributed by atoms with E-state index in [0.29, 0.717) is 31.0 Å². The number of carbonyl (C=O) groups is 3. The third kappa shape index (κ3) is 4.42. The van der Waals surface area contributed by atoms with Crippen molar-refractivity contribution in [1.82, 2.24) is 14.4 Å². The van der Waals surface area contributed by atoms with Gasteiger partial charge in [0.25, 0.3) is 0 Å². The first-order chi connectivity index (χ1) is 12.8. The topological polar surface area (TPSA) is 82.9 Å². The van der Waals surface area contributed by atoms with E-state index in [2.05, 4.69) is 0 Å². The molecule has 1 aliphatic heterocycles. The molecule has 7 nitrogen and oxygen atoms in total. The number of fused-ring (bicyclic) bond motifs is 1. The quantitative estimate of drug-likeness (QED) is 0.845. The minimum absolute atomic E-state index is 0.0173. The highest BCUT2D eigenvalue weighted by atomic mass is 35.5. The molecule has 1 fully saturated rings. The summed E-state index contributed by atoms with van der Waals surface area (Å²) in [6, 6.07) is 7.42. The number of likely N-dealkylation sites (N-methyl/N-ethyl adjacent to an activating group) is 1. The molecule has 27 heavy (non-hydrogen) atoms. The molecule has 3 rings (SSSR count). The first-order valence-electron chi connectivity index (χ1n) is 8.84. The molecule has 0 spiro atoms. The standard InChI is InChI=1S/C19H22ClN3O4/c1-21(11-18(25)22-7-5-14(6-8-22)19(26)27)17(24)12-23-9-4-13-2-3-15(20)10-16(13)23/h2-4,9-10,14H,5-8,11-12H2,1H3,(H,26,27). The van der Waals surface area contributed by atoms with Crippen LogP contribution >= 0.6 is 11.6 Å². The first-order valence-corrected chi connectivity index (χ1v) is 9.22. The van der Waals surface area contributed by atoms with Crippen LogP contribution < -0.4 is 0 Å². The minimum Gasteiger partial charge on any atom is -0.481 e. The second-order valence-electron chi connectivity index (χ2n) is 6.89. The highest BCUT2D eigenvalue weighted by Crippen LogP contribution is 2.21. The molecule has 2 amide bonds. The predicted molar refractivity (Wildman–Crippen MR) is 102 cm³/mol. The average Bonchev–Trinajstić information content (AvgIpc) is 3.03. The fourth-order valence-corrected chi connectivity index (χ4v) is 3.49. The van der Waals surface area contributed by atoms with E-state index < -0.39 is 5.97 Å². The summed E-state index contributed by atoms with van der Waals surface area (Å²) in [7, 11) is 1.60. The number of hydrogen-bond donors (Lipinski definition) is 1. The number of carboxylic acid groups (broad SMARTS) is 1. The van der Waals surface area contributed by atoms with Crippen molar-refractivity contribution in [2.45, 2.75) is 19.4 Å². The first kappa shape index (κ1) is 19.2. The van der Waals surface area contributed by atoms with Crippen LogP contribution in [0, 0.1) is 5.92 Å². The Morgan fingerprint density at radius 1 is 1.22 bits per heavy atom. The summed E-state index contributed by atoms with van der Waals surface area (Å²) in [4.78, 5) is 39.0. The van der Waals surface area contributed by atoms with Gasteiger partial charge in [0.2, 0.25) is 11.8 Å². The van der Waals surface area contributed by atoms with Crippen molar-refractivity contribution in [2.75, 3.05) is 26.7 Å². The molecule has 2 aromatic rings. The number of nitrogens with zero attached hydrogens (tertiary/aromatic N) is 3. The van der Waals surface area contributed by atoms with Crippen molar-refractivity contribution in [3.05, 3.63) is 35.5 Å². The molecule has 8 heteroatoms. The van der Waals surface area contributed by atoms with Crippen molar-refractivity contribution in [1.29, 1.82) is 0 Å². The number of hydrogen-bond acceptors (Lipinski definition) is 3. The molecule has 1 aromatic heterocycles. The van der Waals surface area contributed by atoms with Gasteiger partial charge in [-0.2, -0.15) is 0 Å². The van der Waals surface area contributed by atoms with E-state index in [4.69, 9.17) is 16.7 Å². The predicted octanol–water partition coefficient (Wildman–Crippen LogP) is 2.08. The molecule has 0 radical (unpaired) electrons. The van der Waals surface area contributed by atoms with Gasteiger partial charge in [-0.1, -0.05) is 17.7 Å².